The molecule has 0 heterocycles. The Morgan fingerprint density at radius 3 is 2.65 bits per heavy atom. The van der Waals surface area contributed by atoms with Gasteiger partial charge >= 0.3 is 0 Å². The summed E-state index contributed by atoms with van der Waals surface area (Å²) in [5.41, 5.74) is 5.38. The summed E-state index contributed by atoms with van der Waals surface area (Å²) in [6, 6.07) is 3.89. The molecule has 3 N–H and O–H groups in total. The molecule has 1 aromatic carbocycles. The topological polar surface area (TPSA) is 72.2 Å². The molecule has 1 rings (SSSR count). The van der Waals surface area contributed by atoms with Crippen LogP contribution in [-0.4, -0.2) is 18.7 Å². The van der Waals surface area contributed by atoms with Gasteiger partial charge in [0, 0.05) is 0 Å². The first-order valence-corrected chi connectivity index (χ1v) is 7.25. The molecule has 1 atom stereocenters. The molecule has 0 radical (unpaired) electrons. The zero-order chi connectivity index (χ0) is 13.2. The number of sulfonamides is 1. The van der Waals surface area contributed by atoms with Crippen LogP contribution in [0.25, 0.3) is 0 Å². The average Bonchev–Trinajstić information content (AvgIpc) is 2.22. The minimum absolute atomic E-state index is 0.119. The Hall–Kier alpha value is -0.730. The Labute approximate surface area is 113 Å². The fourth-order valence-corrected chi connectivity index (χ4v) is 2.53. The number of hydrogen-bond acceptors (Lipinski definition) is 3. The number of nitrogens with two attached hydrogens (primary N) is 1. The minimum Gasteiger partial charge on any atom is -0.392 e. The summed E-state index contributed by atoms with van der Waals surface area (Å²) in [7, 11) is -3.74. The van der Waals surface area contributed by atoms with Gasteiger partial charge in [0.15, 0.2) is 0 Å². The molecule has 0 aliphatic heterocycles. The summed E-state index contributed by atoms with van der Waals surface area (Å²) in [6.45, 7) is 1.36. The zero-order valence-electron chi connectivity index (χ0n) is 8.78. The highest BCUT2D eigenvalue weighted by Gasteiger charge is 2.23. The molecule has 0 fully saturated rings. The lowest BCUT2D eigenvalue weighted by atomic mass is 10.3. The molecule has 0 amide bonds. The first kappa shape index (κ1) is 14.3. The van der Waals surface area contributed by atoms with Crippen molar-refractivity contribution in [3.05, 3.63) is 28.5 Å². The van der Waals surface area contributed by atoms with E-state index in [4.69, 9.17) is 5.73 Å². The fraction of sp³-hybridized carbons (Fsp3) is 0.222. The van der Waals surface area contributed by atoms with Gasteiger partial charge in [0.05, 0.1) is 15.1 Å². The van der Waals surface area contributed by atoms with Gasteiger partial charge in [-0.2, -0.15) is 0 Å². The van der Waals surface area contributed by atoms with Crippen molar-refractivity contribution in [2.24, 2.45) is 5.73 Å². The van der Waals surface area contributed by atoms with E-state index in [9.17, 15) is 12.8 Å². The van der Waals surface area contributed by atoms with Gasteiger partial charge in [0.1, 0.15) is 11.1 Å². The molecule has 0 aliphatic carbocycles. The van der Waals surface area contributed by atoms with E-state index in [0.29, 0.717) is 0 Å². The Bertz CT molecular complexity index is 548. The van der Waals surface area contributed by atoms with Gasteiger partial charge in [0.2, 0.25) is 10.0 Å². The van der Waals surface area contributed by atoms with Crippen molar-refractivity contribution in [1.29, 1.82) is 0 Å². The van der Waals surface area contributed by atoms with Crippen LogP contribution >= 0.6 is 28.1 Å². The number of benzene rings is 1. The van der Waals surface area contributed by atoms with Crippen LogP contribution in [0.4, 0.5) is 10.1 Å². The standard InChI is InChI=1S/C9H10BrFN2O2S2/c1-5(9(12)16)17(14,15)13-6-2-3-7(10)8(11)4-6/h2-5,13H,1H3,(H2,12,16). The summed E-state index contributed by atoms with van der Waals surface area (Å²) in [5.74, 6) is -0.562. The Morgan fingerprint density at radius 2 is 2.18 bits per heavy atom. The summed E-state index contributed by atoms with van der Waals surface area (Å²) < 4.78 is 39.1. The van der Waals surface area contributed by atoms with Crippen molar-refractivity contribution in [1.82, 2.24) is 0 Å². The summed E-state index contributed by atoms with van der Waals surface area (Å²) in [4.78, 5) is -0.143. The van der Waals surface area contributed by atoms with Gasteiger partial charge in [-0.25, -0.2) is 12.8 Å². The SMILES string of the molecule is CC(C(N)=S)S(=O)(=O)Nc1ccc(Br)c(F)c1. The van der Waals surface area contributed by atoms with Crippen molar-refractivity contribution in [2.75, 3.05) is 4.72 Å². The molecular formula is C9H10BrFN2O2S2. The second kappa shape index (κ2) is 5.28. The summed E-state index contributed by atoms with van der Waals surface area (Å²) in [6.07, 6.45) is 0. The maximum atomic E-state index is 13.2. The predicted octanol–water partition coefficient (Wildman–Crippen LogP) is 2.00. The van der Waals surface area contributed by atoms with E-state index in [0.717, 1.165) is 6.07 Å². The van der Waals surface area contributed by atoms with E-state index >= 15 is 0 Å². The quantitative estimate of drug-likeness (QED) is 0.822. The highest BCUT2D eigenvalue weighted by atomic mass is 79.9. The van der Waals surface area contributed by atoms with Crippen molar-refractivity contribution in [3.63, 3.8) is 0 Å². The van der Waals surface area contributed by atoms with E-state index in [1.807, 2.05) is 0 Å². The van der Waals surface area contributed by atoms with Crippen LogP contribution in [0.15, 0.2) is 22.7 Å². The third-order valence-electron chi connectivity index (χ3n) is 2.05. The lowest BCUT2D eigenvalue weighted by molar-refractivity contribution is 0.598. The van der Waals surface area contributed by atoms with Crippen LogP contribution in [0, 0.1) is 5.82 Å². The van der Waals surface area contributed by atoms with E-state index in [-0.39, 0.29) is 15.1 Å². The van der Waals surface area contributed by atoms with Crippen molar-refractivity contribution in [2.45, 2.75) is 12.2 Å². The maximum Gasteiger partial charge on any atom is 0.241 e. The molecule has 8 heteroatoms. The molecule has 0 aromatic heterocycles. The van der Waals surface area contributed by atoms with E-state index in [2.05, 4.69) is 32.9 Å². The molecule has 0 spiro atoms. The van der Waals surface area contributed by atoms with Crippen molar-refractivity contribution >= 4 is 48.8 Å². The van der Waals surface area contributed by atoms with E-state index < -0.39 is 21.1 Å². The molecule has 17 heavy (non-hydrogen) atoms. The molecule has 0 aliphatic rings. The second-order valence-corrected chi connectivity index (χ2v) is 6.65. The second-order valence-electron chi connectivity index (χ2n) is 3.32. The average molecular weight is 341 g/mol. The van der Waals surface area contributed by atoms with Crippen LogP contribution in [0.5, 0.6) is 0 Å². The van der Waals surface area contributed by atoms with Gasteiger partial charge in [-0.05, 0) is 41.1 Å². The molecule has 1 aromatic rings. The monoisotopic (exact) mass is 340 g/mol. The van der Waals surface area contributed by atoms with Gasteiger partial charge < -0.3 is 5.73 Å². The molecule has 1 unspecified atom stereocenters. The Balaban J connectivity index is 2.98. The van der Waals surface area contributed by atoms with Crippen LogP contribution in [0.1, 0.15) is 6.92 Å². The Kier molecular flexibility index (Phi) is 4.45. The van der Waals surface area contributed by atoms with Gasteiger partial charge in [0.25, 0.3) is 0 Å². The number of hydrogen-bond donors (Lipinski definition) is 2. The number of nitrogens with one attached hydrogen (secondary N) is 1. The van der Waals surface area contributed by atoms with Crippen LogP contribution < -0.4 is 10.5 Å². The van der Waals surface area contributed by atoms with Crippen LogP contribution in [0.2, 0.25) is 0 Å². The maximum absolute atomic E-state index is 13.2. The molecule has 4 nitrogen and oxygen atoms in total. The van der Waals surface area contributed by atoms with Gasteiger partial charge in [-0.15, -0.1) is 0 Å². The number of halogens is 2. The molecule has 0 saturated heterocycles. The van der Waals surface area contributed by atoms with Crippen LogP contribution in [0.3, 0.4) is 0 Å². The first-order chi connectivity index (χ1) is 7.74. The third-order valence-corrected chi connectivity index (χ3v) is 4.90. The highest BCUT2D eigenvalue weighted by Crippen LogP contribution is 2.20. The minimum atomic E-state index is -3.74. The van der Waals surface area contributed by atoms with Crippen molar-refractivity contribution < 1.29 is 12.8 Å². The number of anilines is 1. The lowest BCUT2D eigenvalue weighted by Gasteiger charge is -2.13. The zero-order valence-corrected chi connectivity index (χ0v) is 12.0. The first-order valence-electron chi connectivity index (χ1n) is 4.50. The Morgan fingerprint density at radius 1 is 1.59 bits per heavy atom. The molecule has 0 saturated carbocycles. The third kappa shape index (κ3) is 3.62. The summed E-state index contributed by atoms with van der Waals surface area (Å²) in [5, 5.41) is -1.02. The van der Waals surface area contributed by atoms with Gasteiger partial charge in [-0.3, -0.25) is 4.72 Å². The van der Waals surface area contributed by atoms with Gasteiger partial charge in [-0.1, -0.05) is 12.2 Å². The van der Waals surface area contributed by atoms with E-state index in [1.165, 1.54) is 19.1 Å². The predicted molar refractivity (Wildman–Crippen MR) is 72.9 cm³/mol. The normalized spacial score (nSPS) is 13.1. The molecule has 0 bridgehead atoms. The van der Waals surface area contributed by atoms with Crippen molar-refractivity contribution in [3.8, 4) is 0 Å². The highest BCUT2D eigenvalue weighted by molar-refractivity contribution is 9.10. The van der Waals surface area contributed by atoms with E-state index in [1.54, 1.807) is 0 Å². The molecule has 94 valence electrons. The number of thiocarbonyl (C=S) groups is 1. The fourth-order valence-electron chi connectivity index (χ4n) is 0.965. The smallest absolute Gasteiger partial charge is 0.241 e. The van der Waals surface area contributed by atoms with Crippen LogP contribution in [-0.2, 0) is 10.0 Å². The summed E-state index contributed by atoms with van der Waals surface area (Å²) >= 11 is 7.57. The number of rotatable bonds is 4. The largest absolute Gasteiger partial charge is 0.392 e. The molecular weight excluding hydrogens is 331 g/mol. The lowest BCUT2D eigenvalue weighted by Crippen LogP contribution is -2.35.